The van der Waals surface area contributed by atoms with Gasteiger partial charge < -0.3 is 9.84 Å². The van der Waals surface area contributed by atoms with Crippen LogP contribution >= 0.6 is 11.6 Å². The average Bonchev–Trinajstić information content (AvgIpc) is 2.43. The predicted octanol–water partition coefficient (Wildman–Crippen LogP) is 3.15. The number of hydrogen-bond donors (Lipinski definition) is 1. The largest absolute Gasteiger partial charge is 0.480 e. The quantitative estimate of drug-likeness (QED) is 0.684. The molecule has 1 aliphatic heterocycles. The van der Waals surface area contributed by atoms with E-state index in [1.54, 1.807) is 24.3 Å². The fraction of sp³-hybridized carbons (Fsp3) is 0.333. The molecule has 0 saturated carbocycles. The number of hydrogen-bond acceptors (Lipinski definition) is 3. The minimum Gasteiger partial charge on any atom is -0.480 e. The van der Waals surface area contributed by atoms with Gasteiger partial charge in [0.15, 0.2) is 5.41 Å². The number of carboxylic acids is 1. The molecule has 1 heterocycles. The summed E-state index contributed by atoms with van der Waals surface area (Å²) in [6.07, 6.45) is 4.50. The molecule has 1 atom stereocenters. The third kappa shape index (κ3) is 3.02. The molecule has 1 unspecified atom stereocenters. The van der Waals surface area contributed by atoms with E-state index in [9.17, 15) is 14.7 Å². The van der Waals surface area contributed by atoms with Gasteiger partial charge in [0.2, 0.25) is 0 Å². The Labute approximate surface area is 122 Å². The summed E-state index contributed by atoms with van der Waals surface area (Å²) in [5, 5.41) is 9.98. The Bertz CT molecular complexity index is 535. The molecule has 0 aromatic heterocycles. The second-order valence-electron chi connectivity index (χ2n) is 4.78. The summed E-state index contributed by atoms with van der Waals surface area (Å²) in [4.78, 5) is 23.2. The third-order valence-corrected chi connectivity index (χ3v) is 3.68. The number of rotatable bonds is 4. The Kier molecular flexibility index (Phi) is 4.45. The first-order chi connectivity index (χ1) is 9.54. The lowest BCUT2D eigenvalue weighted by Gasteiger charge is -2.29. The van der Waals surface area contributed by atoms with Crippen LogP contribution in [0.3, 0.4) is 0 Å². The third-order valence-electron chi connectivity index (χ3n) is 3.43. The van der Waals surface area contributed by atoms with Crippen molar-refractivity contribution in [3.05, 3.63) is 40.9 Å². The highest BCUT2D eigenvalue weighted by Gasteiger charge is 2.48. The van der Waals surface area contributed by atoms with Crippen molar-refractivity contribution in [2.24, 2.45) is 5.41 Å². The average molecular weight is 295 g/mol. The summed E-state index contributed by atoms with van der Waals surface area (Å²) < 4.78 is 4.90. The highest BCUT2D eigenvalue weighted by molar-refractivity contribution is 6.30. The maximum absolute atomic E-state index is 11.8. The first-order valence-electron chi connectivity index (χ1n) is 6.37. The minimum atomic E-state index is -1.44. The van der Waals surface area contributed by atoms with Gasteiger partial charge >= 0.3 is 11.9 Å². The van der Waals surface area contributed by atoms with Crippen LogP contribution in [0.5, 0.6) is 0 Å². The maximum Gasteiger partial charge on any atom is 0.323 e. The van der Waals surface area contributed by atoms with Gasteiger partial charge in [0.25, 0.3) is 0 Å². The van der Waals surface area contributed by atoms with Gasteiger partial charge in [-0.25, -0.2) is 0 Å². The van der Waals surface area contributed by atoms with Crippen LogP contribution in [0.25, 0.3) is 6.08 Å². The molecule has 4 nitrogen and oxygen atoms in total. The molecule has 0 radical (unpaired) electrons. The number of allylic oxidation sites excluding steroid dienone is 1. The molecule has 0 spiro atoms. The van der Waals surface area contributed by atoms with Crippen molar-refractivity contribution < 1.29 is 19.4 Å². The van der Waals surface area contributed by atoms with E-state index in [1.807, 2.05) is 12.1 Å². The van der Waals surface area contributed by atoms with E-state index >= 15 is 0 Å². The Morgan fingerprint density at radius 3 is 2.70 bits per heavy atom. The SMILES string of the molecule is O=C(O)C1(CC=Cc2ccc(Cl)cc2)CCCOC1=O. The Balaban J connectivity index is 2.11. The van der Waals surface area contributed by atoms with Crippen LogP contribution in [-0.4, -0.2) is 23.7 Å². The first kappa shape index (κ1) is 14.6. The van der Waals surface area contributed by atoms with Gasteiger partial charge in [0.1, 0.15) is 0 Å². The summed E-state index contributed by atoms with van der Waals surface area (Å²) in [5.74, 6) is -1.76. The summed E-state index contributed by atoms with van der Waals surface area (Å²) in [6.45, 7) is 0.300. The number of esters is 1. The number of carboxylic acid groups (broad SMARTS) is 1. The number of halogens is 1. The molecule has 1 fully saturated rings. The molecule has 2 rings (SSSR count). The molecule has 5 heteroatoms. The summed E-state index contributed by atoms with van der Waals surface area (Å²) >= 11 is 5.79. The molecule has 0 bridgehead atoms. The molecule has 1 aliphatic rings. The van der Waals surface area contributed by atoms with Crippen LogP contribution in [0.1, 0.15) is 24.8 Å². The maximum atomic E-state index is 11.8. The minimum absolute atomic E-state index is 0.129. The van der Waals surface area contributed by atoms with Crippen molar-refractivity contribution >= 4 is 29.6 Å². The number of cyclic esters (lactones) is 1. The van der Waals surface area contributed by atoms with Crippen molar-refractivity contribution in [1.82, 2.24) is 0 Å². The number of benzene rings is 1. The molecule has 0 amide bonds. The van der Waals surface area contributed by atoms with Crippen LogP contribution in [0, 0.1) is 5.41 Å². The summed E-state index contributed by atoms with van der Waals surface area (Å²) in [6, 6.07) is 7.16. The van der Waals surface area contributed by atoms with Crippen molar-refractivity contribution in [2.45, 2.75) is 19.3 Å². The zero-order valence-electron chi connectivity index (χ0n) is 10.8. The molecule has 20 heavy (non-hydrogen) atoms. The van der Waals surface area contributed by atoms with Crippen LogP contribution in [0.15, 0.2) is 30.3 Å². The molecule has 1 aromatic carbocycles. The van der Waals surface area contributed by atoms with E-state index in [4.69, 9.17) is 16.3 Å². The van der Waals surface area contributed by atoms with E-state index < -0.39 is 17.4 Å². The zero-order valence-corrected chi connectivity index (χ0v) is 11.6. The van der Waals surface area contributed by atoms with Crippen molar-refractivity contribution in [2.75, 3.05) is 6.61 Å². The van der Waals surface area contributed by atoms with Crippen molar-refractivity contribution in [3.63, 3.8) is 0 Å². The Hall–Kier alpha value is -1.81. The molecule has 106 valence electrons. The van der Waals surface area contributed by atoms with Gasteiger partial charge in [-0.2, -0.15) is 0 Å². The van der Waals surface area contributed by atoms with E-state index in [-0.39, 0.29) is 6.42 Å². The second kappa shape index (κ2) is 6.09. The number of carbonyl (C=O) groups excluding carboxylic acids is 1. The van der Waals surface area contributed by atoms with Crippen LogP contribution in [0.2, 0.25) is 5.02 Å². The van der Waals surface area contributed by atoms with Gasteiger partial charge in [-0.1, -0.05) is 35.9 Å². The van der Waals surface area contributed by atoms with E-state index in [0.717, 1.165) is 5.56 Å². The predicted molar refractivity (Wildman–Crippen MR) is 75.4 cm³/mol. The molecular weight excluding hydrogens is 280 g/mol. The van der Waals surface area contributed by atoms with E-state index in [0.29, 0.717) is 24.5 Å². The molecular formula is C15H15ClO4. The molecule has 1 aromatic rings. The molecule has 1 saturated heterocycles. The highest BCUT2D eigenvalue weighted by Crippen LogP contribution is 2.34. The lowest BCUT2D eigenvalue weighted by Crippen LogP contribution is -2.43. The molecule has 0 aliphatic carbocycles. The fourth-order valence-electron chi connectivity index (χ4n) is 2.22. The van der Waals surface area contributed by atoms with Gasteiger partial charge in [-0.3, -0.25) is 9.59 Å². The second-order valence-corrected chi connectivity index (χ2v) is 5.22. The lowest BCUT2D eigenvalue weighted by molar-refractivity contribution is -0.174. The zero-order chi connectivity index (χ0) is 14.6. The van der Waals surface area contributed by atoms with E-state index in [2.05, 4.69) is 0 Å². The summed E-state index contributed by atoms with van der Waals surface area (Å²) in [7, 11) is 0. The van der Waals surface area contributed by atoms with Crippen LogP contribution in [0.4, 0.5) is 0 Å². The molecule has 1 N–H and O–H groups in total. The lowest BCUT2D eigenvalue weighted by atomic mass is 9.78. The van der Waals surface area contributed by atoms with E-state index in [1.165, 1.54) is 0 Å². The van der Waals surface area contributed by atoms with Gasteiger partial charge in [-0.05, 0) is 37.0 Å². The van der Waals surface area contributed by atoms with Gasteiger partial charge in [-0.15, -0.1) is 0 Å². The van der Waals surface area contributed by atoms with Crippen molar-refractivity contribution in [3.8, 4) is 0 Å². The topological polar surface area (TPSA) is 63.6 Å². The van der Waals surface area contributed by atoms with Gasteiger partial charge in [0.05, 0.1) is 6.61 Å². The smallest absolute Gasteiger partial charge is 0.323 e. The Morgan fingerprint density at radius 2 is 2.10 bits per heavy atom. The number of carbonyl (C=O) groups is 2. The van der Waals surface area contributed by atoms with Crippen LogP contribution in [-0.2, 0) is 14.3 Å². The monoisotopic (exact) mass is 294 g/mol. The number of aliphatic carboxylic acids is 1. The fourth-order valence-corrected chi connectivity index (χ4v) is 2.34. The first-order valence-corrected chi connectivity index (χ1v) is 6.75. The van der Waals surface area contributed by atoms with Crippen molar-refractivity contribution in [1.29, 1.82) is 0 Å². The Morgan fingerprint density at radius 1 is 1.40 bits per heavy atom. The van der Waals surface area contributed by atoms with Crippen LogP contribution < -0.4 is 0 Å². The van der Waals surface area contributed by atoms with Gasteiger partial charge in [0, 0.05) is 5.02 Å². The summed E-state index contributed by atoms with van der Waals surface area (Å²) in [5.41, 5.74) is -0.541. The standard InChI is InChI=1S/C15H15ClO4/c16-12-6-4-11(5-7-12)3-1-8-15(13(17)18)9-2-10-20-14(15)19/h1,3-7H,2,8-10H2,(H,17,18). The normalized spacial score (nSPS) is 22.8. The number of ether oxygens (including phenoxy) is 1. The highest BCUT2D eigenvalue weighted by atomic mass is 35.5.